The lowest BCUT2D eigenvalue weighted by Gasteiger charge is -2.31. The summed E-state index contributed by atoms with van der Waals surface area (Å²) in [5.74, 6) is -0.0848. The van der Waals surface area contributed by atoms with Crippen LogP contribution in [0.5, 0.6) is 0 Å². The van der Waals surface area contributed by atoms with Crippen LogP contribution in [0.2, 0.25) is 0 Å². The van der Waals surface area contributed by atoms with Gasteiger partial charge >= 0.3 is 0 Å². The van der Waals surface area contributed by atoms with Gasteiger partial charge in [0.05, 0.1) is 0 Å². The maximum Gasteiger partial charge on any atom is 0.251 e. The number of halogens is 1. The van der Waals surface area contributed by atoms with Gasteiger partial charge < -0.3 is 10.4 Å². The highest BCUT2D eigenvalue weighted by atomic mass is 79.9. The van der Waals surface area contributed by atoms with Crippen molar-refractivity contribution < 1.29 is 9.90 Å². The van der Waals surface area contributed by atoms with Gasteiger partial charge in [0, 0.05) is 22.7 Å². The largest absolute Gasteiger partial charge is 0.396 e. The Morgan fingerprint density at radius 3 is 2.53 bits per heavy atom. The summed E-state index contributed by atoms with van der Waals surface area (Å²) >= 11 is 3.39. The molecule has 0 spiro atoms. The molecule has 1 unspecified atom stereocenters. The fraction of sp³-hybridized carbons (Fsp3) is 0.533. The first-order valence-electron chi connectivity index (χ1n) is 6.43. The van der Waals surface area contributed by atoms with Crippen LogP contribution in [0.3, 0.4) is 0 Å². The zero-order valence-corrected chi connectivity index (χ0v) is 13.5. The Labute approximate surface area is 123 Å². The summed E-state index contributed by atoms with van der Waals surface area (Å²) in [5.41, 5.74) is 1.53. The lowest BCUT2D eigenvalue weighted by molar-refractivity contribution is 0.0884. The molecule has 0 fully saturated rings. The molecule has 0 aliphatic carbocycles. The van der Waals surface area contributed by atoms with Crippen molar-refractivity contribution in [3.8, 4) is 0 Å². The van der Waals surface area contributed by atoms with Crippen molar-refractivity contribution >= 4 is 21.8 Å². The highest BCUT2D eigenvalue weighted by molar-refractivity contribution is 9.10. The van der Waals surface area contributed by atoms with Crippen molar-refractivity contribution in [1.82, 2.24) is 5.32 Å². The molecule has 2 N–H and O–H groups in total. The van der Waals surface area contributed by atoms with Crippen LogP contribution in [-0.2, 0) is 0 Å². The molecule has 1 aromatic carbocycles. The first-order valence-corrected chi connectivity index (χ1v) is 7.23. The Morgan fingerprint density at radius 1 is 1.42 bits per heavy atom. The highest BCUT2D eigenvalue weighted by Crippen LogP contribution is 2.23. The zero-order valence-electron chi connectivity index (χ0n) is 12.0. The van der Waals surface area contributed by atoms with E-state index < -0.39 is 0 Å². The zero-order chi connectivity index (χ0) is 14.6. The Kier molecular flexibility index (Phi) is 5.56. The van der Waals surface area contributed by atoms with E-state index in [-0.39, 0.29) is 24.0 Å². The third-order valence-corrected chi connectivity index (χ3v) is 3.69. The summed E-state index contributed by atoms with van der Waals surface area (Å²) in [6, 6.07) is 5.55. The van der Waals surface area contributed by atoms with Gasteiger partial charge in [-0.1, -0.05) is 36.7 Å². The molecule has 0 saturated heterocycles. The van der Waals surface area contributed by atoms with E-state index in [1.54, 1.807) is 0 Å². The fourth-order valence-corrected chi connectivity index (χ4v) is 2.44. The Balaban J connectivity index is 2.88. The van der Waals surface area contributed by atoms with E-state index in [9.17, 15) is 4.79 Å². The molecule has 0 heterocycles. The van der Waals surface area contributed by atoms with E-state index in [1.165, 1.54) is 0 Å². The molecule has 19 heavy (non-hydrogen) atoms. The molecule has 3 nitrogen and oxygen atoms in total. The van der Waals surface area contributed by atoms with E-state index in [4.69, 9.17) is 5.11 Å². The standard InChI is InChI=1S/C15H22BrNO2/c1-10-9-11(16)5-6-12(10)14(19)17-13(7-8-18)15(2,3)4/h5-6,9,13,18H,7-8H2,1-4H3,(H,17,19). The predicted octanol–water partition coefficient (Wildman–Crippen LogP) is 3.28. The van der Waals surface area contributed by atoms with Gasteiger partial charge in [0.15, 0.2) is 0 Å². The molecule has 1 aromatic rings. The molecular formula is C15H22BrNO2. The monoisotopic (exact) mass is 327 g/mol. The van der Waals surface area contributed by atoms with Crippen molar-refractivity contribution in [1.29, 1.82) is 0 Å². The number of carbonyl (C=O) groups is 1. The number of hydrogen-bond donors (Lipinski definition) is 2. The second-order valence-corrected chi connectivity index (χ2v) is 6.78. The van der Waals surface area contributed by atoms with E-state index in [0.29, 0.717) is 12.0 Å². The first-order chi connectivity index (χ1) is 8.75. The second-order valence-electron chi connectivity index (χ2n) is 5.86. The van der Waals surface area contributed by atoms with E-state index >= 15 is 0 Å². The average Bonchev–Trinajstić information content (AvgIpc) is 2.26. The number of hydrogen-bond acceptors (Lipinski definition) is 2. The van der Waals surface area contributed by atoms with E-state index in [0.717, 1.165) is 10.0 Å². The number of benzene rings is 1. The van der Waals surface area contributed by atoms with Crippen LogP contribution in [-0.4, -0.2) is 23.7 Å². The summed E-state index contributed by atoms with van der Waals surface area (Å²) < 4.78 is 0.962. The fourth-order valence-electron chi connectivity index (χ4n) is 1.97. The minimum absolute atomic E-state index is 0.0481. The van der Waals surface area contributed by atoms with Gasteiger partial charge in [0.25, 0.3) is 5.91 Å². The lowest BCUT2D eigenvalue weighted by atomic mass is 9.84. The van der Waals surface area contributed by atoms with E-state index in [1.807, 2.05) is 25.1 Å². The Hall–Kier alpha value is -0.870. The van der Waals surface area contributed by atoms with Crippen LogP contribution >= 0.6 is 15.9 Å². The first kappa shape index (κ1) is 16.2. The van der Waals surface area contributed by atoms with Gasteiger partial charge in [0.2, 0.25) is 0 Å². The molecule has 1 amide bonds. The topological polar surface area (TPSA) is 49.3 Å². The molecule has 0 bridgehead atoms. The Morgan fingerprint density at radius 2 is 2.05 bits per heavy atom. The van der Waals surface area contributed by atoms with Crippen molar-refractivity contribution in [3.63, 3.8) is 0 Å². The van der Waals surface area contributed by atoms with Crippen LogP contribution in [0.15, 0.2) is 22.7 Å². The average molecular weight is 328 g/mol. The lowest BCUT2D eigenvalue weighted by Crippen LogP contribution is -2.44. The molecule has 0 radical (unpaired) electrons. The number of amides is 1. The van der Waals surface area contributed by atoms with Crippen molar-refractivity contribution in [3.05, 3.63) is 33.8 Å². The summed E-state index contributed by atoms with van der Waals surface area (Å²) in [6.07, 6.45) is 0.560. The molecule has 0 aromatic heterocycles. The number of aliphatic hydroxyl groups is 1. The molecule has 0 aliphatic rings. The second kappa shape index (κ2) is 6.53. The molecule has 106 valence electrons. The molecular weight excluding hydrogens is 306 g/mol. The van der Waals surface area contributed by atoms with Crippen LogP contribution in [0.25, 0.3) is 0 Å². The maximum atomic E-state index is 12.3. The van der Waals surface area contributed by atoms with Gasteiger partial charge in [-0.25, -0.2) is 0 Å². The van der Waals surface area contributed by atoms with Crippen molar-refractivity contribution in [2.24, 2.45) is 5.41 Å². The third-order valence-electron chi connectivity index (χ3n) is 3.20. The summed E-state index contributed by atoms with van der Waals surface area (Å²) in [7, 11) is 0. The minimum Gasteiger partial charge on any atom is -0.396 e. The van der Waals surface area contributed by atoms with Gasteiger partial charge in [-0.2, -0.15) is 0 Å². The summed E-state index contributed by atoms with van der Waals surface area (Å²) in [5, 5.41) is 12.1. The normalized spacial score (nSPS) is 13.2. The van der Waals surface area contributed by atoms with Gasteiger partial charge in [0.1, 0.15) is 0 Å². The van der Waals surface area contributed by atoms with E-state index in [2.05, 4.69) is 42.0 Å². The highest BCUT2D eigenvalue weighted by Gasteiger charge is 2.26. The molecule has 1 atom stereocenters. The number of nitrogens with one attached hydrogen (secondary N) is 1. The smallest absolute Gasteiger partial charge is 0.251 e. The van der Waals surface area contributed by atoms with Crippen LogP contribution < -0.4 is 5.32 Å². The quantitative estimate of drug-likeness (QED) is 0.891. The SMILES string of the molecule is Cc1cc(Br)ccc1C(=O)NC(CCO)C(C)(C)C. The molecule has 0 saturated carbocycles. The summed E-state index contributed by atoms with van der Waals surface area (Å²) in [6.45, 7) is 8.16. The van der Waals surface area contributed by atoms with Crippen LogP contribution in [0.4, 0.5) is 0 Å². The number of aliphatic hydroxyl groups excluding tert-OH is 1. The number of carbonyl (C=O) groups excluding carboxylic acids is 1. The van der Waals surface area contributed by atoms with Crippen molar-refractivity contribution in [2.75, 3.05) is 6.61 Å². The van der Waals surface area contributed by atoms with Crippen LogP contribution in [0.1, 0.15) is 43.1 Å². The Bertz CT molecular complexity index is 452. The summed E-state index contributed by atoms with van der Waals surface area (Å²) in [4.78, 5) is 12.3. The molecule has 0 aliphatic heterocycles. The van der Waals surface area contributed by atoms with Crippen molar-refractivity contribution in [2.45, 2.75) is 40.2 Å². The van der Waals surface area contributed by atoms with Gasteiger partial charge in [-0.3, -0.25) is 4.79 Å². The maximum absolute atomic E-state index is 12.3. The molecule has 1 rings (SSSR count). The molecule has 4 heteroatoms. The van der Waals surface area contributed by atoms with Gasteiger partial charge in [-0.15, -0.1) is 0 Å². The third kappa shape index (κ3) is 4.62. The number of aryl methyl sites for hydroxylation is 1. The van der Waals surface area contributed by atoms with Crippen LogP contribution in [0, 0.1) is 12.3 Å². The predicted molar refractivity (Wildman–Crippen MR) is 81.3 cm³/mol. The number of rotatable bonds is 4. The minimum atomic E-state index is -0.0848. The van der Waals surface area contributed by atoms with Gasteiger partial charge in [-0.05, 0) is 42.5 Å².